The lowest BCUT2D eigenvalue weighted by Gasteiger charge is -2.27. The van der Waals surface area contributed by atoms with Crippen molar-refractivity contribution in [3.63, 3.8) is 0 Å². The van der Waals surface area contributed by atoms with Crippen molar-refractivity contribution in [2.24, 2.45) is 0 Å². The standard InChI is InChI=1S/C14H18ClFN2O3/c1-9(2)18(7-3-4-13(19)20)14(21)17-12-6-5-10(15)8-11(12)16/h5-6,8-9H,3-4,7H2,1-2H3,(H,17,21)(H,19,20). The molecular formula is C14H18ClFN2O3. The van der Waals surface area contributed by atoms with Gasteiger partial charge in [0, 0.05) is 24.0 Å². The molecule has 0 fully saturated rings. The van der Waals surface area contributed by atoms with E-state index in [-0.39, 0.29) is 29.7 Å². The van der Waals surface area contributed by atoms with Crippen LogP contribution in [-0.4, -0.2) is 34.6 Å². The van der Waals surface area contributed by atoms with Crippen molar-refractivity contribution in [3.05, 3.63) is 29.0 Å². The summed E-state index contributed by atoms with van der Waals surface area (Å²) in [5.74, 6) is -1.53. The van der Waals surface area contributed by atoms with Crippen molar-refractivity contribution in [2.75, 3.05) is 11.9 Å². The van der Waals surface area contributed by atoms with Crippen LogP contribution < -0.4 is 5.32 Å². The third-order valence-electron chi connectivity index (χ3n) is 2.85. The molecule has 2 amide bonds. The maximum absolute atomic E-state index is 13.6. The molecule has 1 aromatic rings. The number of rotatable bonds is 6. The van der Waals surface area contributed by atoms with Gasteiger partial charge in [-0.25, -0.2) is 9.18 Å². The molecule has 1 aromatic carbocycles. The second-order valence-corrected chi connectivity index (χ2v) is 5.28. The van der Waals surface area contributed by atoms with Crippen LogP contribution in [0, 0.1) is 5.82 Å². The molecule has 5 nitrogen and oxygen atoms in total. The van der Waals surface area contributed by atoms with E-state index in [2.05, 4.69) is 5.32 Å². The molecular weight excluding hydrogens is 299 g/mol. The number of aliphatic carboxylic acids is 1. The first-order chi connectivity index (χ1) is 9.81. The van der Waals surface area contributed by atoms with Gasteiger partial charge < -0.3 is 15.3 Å². The van der Waals surface area contributed by atoms with Gasteiger partial charge in [-0.1, -0.05) is 11.6 Å². The number of hydrogen-bond donors (Lipinski definition) is 2. The zero-order valence-corrected chi connectivity index (χ0v) is 12.7. The largest absolute Gasteiger partial charge is 0.481 e. The number of nitrogens with zero attached hydrogens (tertiary/aromatic N) is 1. The van der Waals surface area contributed by atoms with E-state index in [9.17, 15) is 14.0 Å². The Balaban J connectivity index is 2.70. The highest BCUT2D eigenvalue weighted by molar-refractivity contribution is 6.30. The van der Waals surface area contributed by atoms with E-state index < -0.39 is 17.8 Å². The summed E-state index contributed by atoms with van der Waals surface area (Å²) >= 11 is 5.65. The Morgan fingerprint density at radius 1 is 1.43 bits per heavy atom. The Morgan fingerprint density at radius 3 is 2.62 bits per heavy atom. The maximum atomic E-state index is 13.6. The van der Waals surface area contributed by atoms with Gasteiger partial charge >= 0.3 is 12.0 Å². The fraction of sp³-hybridized carbons (Fsp3) is 0.429. The molecule has 0 bridgehead atoms. The average Bonchev–Trinajstić information content (AvgIpc) is 2.37. The Bertz CT molecular complexity index is 523. The monoisotopic (exact) mass is 316 g/mol. The van der Waals surface area contributed by atoms with E-state index in [1.54, 1.807) is 13.8 Å². The Labute approximate surface area is 127 Å². The van der Waals surface area contributed by atoms with Crippen LogP contribution in [0.4, 0.5) is 14.9 Å². The third-order valence-corrected chi connectivity index (χ3v) is 3.08. The molecule has 0 saturated carbocycles. The molecule has 0 unspecified atom stereocenters. The topological polar surface area (TPSA) is 69.6 Å². The molecule has 0 aliphatic rings. The molecule has 0 atom stereocenters. The highest BCUT2D eigenvalue weighted by Crippen LogP contribution is 2.19. The zero-order valence-electron chi connectivity index (χ0n) is 11.9. The number of carbonyl (C=O) groups is 2. The van der Waals surface area contributed by atoms with Gasteiger partial charge in [-0.05, 0) is 38.5 Å². The summed E-state index contributed by atoms with van der Waals surface area (Å²) in [6.45, 7) is 3.89. The number of halogens is 2. The van der Waals surface area contributed by atoms with Crippen LogP contribution in [0.5, 0.6) is 0 Å². The summed E-state index contributed by atoms with van der Waals surface area (Å²) in [6, 6.07) is 3.36. The predicted molar refractivity (Wildman–Crippen MR) is 79.1 cm³/mol. The number of anilines is 1. The highest BCUT2D eigenvalue weighted by Gasteiger charge is 2.18. The minimum Gasteiger partial charge on any atom is -0.481 e. The van der Waals surface area contributed by atoms with Crippen molar-refractivity contribution in [1.29, 1.82) is 0 Å². The van der Waals surface area contributed by atoms with Crippen LogP contribution in [0.15, 0.2) is 18.2 Å². The maximum Gasteiger partial charge on any atom is 0.322 e. The van der Waals surface area contributed by atoms with Crippen LogP contribution in [0.25, 0.3) is 0 Å². The SMILES string of the molecule is CC(C)N(CCCC(=O)O)C(=O)Nc1ccc(Cl)cc1F. The highest BCUT2D eigenvalue weighted by atomic mass is 35.5. The van der Waals surface area contributed by atoms with Gasteiger partial charge in [0.15, 0.2) is 0 Å². The summed E-state index contributed by atoms with van der Waals surface area (Å²) in [4.78, 5) is 24.1. The van der Waals surface area contributed by atoms with Crippen LogP contribution >= 0.6 is 11.6 Å². The van der Waals surface area contributed by atoms with E-state index in [4.69, 9.17) is 16.7 Å². The molecule has 0 saturated heterocycles. The van der Waals surface area contributed by atoms with E-state index in [1.165, 1.54) is 17.0 Å². The molecule has 0 heterocycles. The van der Waals surface area contributed by atoms with E-state index in [0.29, 0.717) is 6.42 Å². The van der Waals surface area contributed by atoms with Gasteiger partial charge in [0.2, 0.25) is 0 Å². The molecule has 1 rings (SSSR count). The van der Waals surface area contributed by atoms with Crippen molar-refractivity contribution < 1.29 is 19.1 Å². The zero-order chi connectivity index (χ0) is 16.0. The van der Waals surface area contributed by atoms with Gasteiger partial charge in [0.05, 0.1) is 5.69 Å². The molecule has 0 spiro atoms. The lowest BCUT2D eigenvalue weighted by Crippen LogP contribution is -2.41. The Hall–Kier alpha value is -1.82. The first kappa shape index (κ1) is 17.2. The lowest BCUT2D eigenvalue weighted by molar-refractivity contribution is -0.137. The van der Waals surface area contributed by atoms with Crippen molar-refractivity contribution in [2.45, 2.75) is 32.7 Å². The van der Waals surface area contributed by atoms with E-state index in [0.717, 1.165) is 6.07 Å². The van der Waals surface area contributed by atoms with Crippen molar-refractivity contribution in [3.8, 4) is 0 Å². The summed E-state index contributed by atoms with van der Waals surface area (Å²) < 4.78 is 13.6. The molecule has 7 heteroatoms. The van der Waals surface area contributed by atoms with Gasteiger partial charge in [-0.15, -0.1) is 0 Å². The number of benzene rings is 1. The third kappa shape index (κ3) is 5.59. The number of carbonyl (C=O) groups excluding carboxylic acids is 1. The van der Waals surface area contributed by atoms with Crippen molar-refractivity contribution in [1.82, 2.24) is 4.90 Å². The number of urea groups is 1. The smallest absolute Gasteiger partial charge is 0.322 e. The molecule has 0 radical (unpaired) electrons. The van der Waals surface area contributed by atoms with E-state index >= 15 is 0 Å². The molecule has 2 N–H and O–H groups in total. The average molecular weight is 317 g/mol. The van der Waals surface area contributed by atoms with Gasteiger partial charge in [-0.3, -0.25) is 4.79 Å². The molecule has 0 aromatic heterocycles. The minimum atomic E-state index is -0.914. The lowest BCUT2D eigenvalue weighted by atomic mass is 10.2. The second kappa shape index (κ2) is 7.83. The fourth-order valence-electron chi connectivity index (χ4n) is 1.77. The summed E-state index contributed by atoms with van der Waals surface area (Å²) in [7, 11) is 0. The van der Waals surface area contributed by atoms with Gasteiger partial charge in [0.25, 0.3) is 0 Å². The predicted octanol–water partition coefficient (Wildman–Crippen LogP) is 3.59. The first-order valence-corrected chi connectivity index (χ1v) is 6.93. The molecule has 0 aliphatic carbocycles. The normalized spacial score (nSPS) is 10.5. The Morgan fingerprint density at radius 2 is 2.10 bits per heavy atom. The number of carboxylic acids is 1. The van der Waals surface area contributed by atoms with Crippen LogP contribution in [0.3, 0.4) is 0 Å². The first-order valence-electron chi connectivity index (χ1n) is 6.55. The second-order valence-electron chi connectivity index (χ2n) is 4.84. The summed E-state index contributed by atoms with van der Waals surface area (Å²) in [6.07, 6.45) is 0.315. The quantitative estimate of drug-likeness (QED) is 0.842. The van der Waals surface area contributed by atoms with Gasteiger partial charge in [0.1, 0.15) is 5.82 Å². The fourth-order valence-corrected chi connectivity index (χ4v) is 1.93. The van der Waals surface area contributed by atoms with Crippen molar-refractivity contribution >= 4 is 29.3 Å². The summed E-state index contributed by atoms with van der Waals surface area (Å²) in [5, 5.41) is 11.3. The number of hydrogen-bond acceptors (Lipinski definition) is 2. The number of nitrogens with one attached hydrogen (secondary N) is 1. The minimum absolute atomic E-state index is 0.0220. The summed E-state index contributed by atoms with van der Waals surface area (Å²) in [5.41, 5.74) is 0.0354. The Kier molecular flexibility index (Phi) is 6.42. The van der Waals surface area contributed by atoms with Crippen LogP contribution in [0.2, 0.25) is 5.02 Å². The van der Waals surface area contributed by atoms with Crippen LogP contribution in [0.1, 0.15) is 26.7 Å². The van der Waals surface area contributed by atoms with Crippen LogP contribution in [-0.2, 0) is 4.79 Å². The molecule has 0 aliphatic heterocycles. The molecule has 21 heavy (non-hydrogen) atoms. The number of carboxylic acid groups (broad SMARTS) is 1. The molecule has 116 valence electrons. The van der Waals surface area contributed by atoms with Gasteiger partial charge in [-0.2, -0.15) is 0 Å². The van der Waals surface area contributed by atoms with E-state index in [1.807, 2.05) is 0 Å². The number of amides is 2.